The maximum absolute atomic E-state index is 4.86. The first-order valence-corrected chi connectivity index (χ1v) is 10.1. The Morgan fingerprint density at radius 2 is 2.08 bits per heavy atom. The molecule has 0 aliphatic carbocycles. The summed E-state index contributed by atoms with van der Waals surface area (Å²) in [7, 11) is 0. The molecule has 5 heteroatoms. The molecule has 0 radical (unpaired) electrons. The summed E-state index contributed by atoms with van der Waals surface area (Å²) in [5.41, 5.74) is 5.81. The first kappa shape index (κ1) is 16.0. The van der Waals surface area contributed by atoms with Gasteiger partial charge in [-0.15, -0.1) is 11.3 Å². The average Bonchev–Trinajstić information content (AvgIpc) is 3.11. The van der Waals surface area contributed by atoms with Crippen LogP contribution in [0.4, 0.5) is 0 Å². The Bertz CT molecular complexity index is 973. The van der Waals surface area contributed by atoms with E-state index in [0.717, 1.165) is 36.3 Å². The molecule has 5 heterocycles. The molecule has 0 atom stereocenters. The SMILES string of the molecule is CC1=CN2C=C(c3cc4sc(C5CCNCC5)nc4cn3)C=CC2=CC1. The first-order chi connectivity index (χ1) is 12.8. The summed E-state index contributed by atoms with van der Waals surface area (Å²) in [5.74, 6) is 0.597. The summed E-state index contributed by atoms with van der Waals surface area (Å²) in [6, 6.07) is 2.20. The predicted molar refractivity (Wildman–Crippen MR) is 108 cm³/mol. The van der Waals surface area contributed by atoms with E-state index in [9.17, 15) is 0 Å². The summed E-state index contributed by atoms with van der Waals surface area (Å²) < 4.78 is 1.24. The molecule has 4 nitrogen and oxygen atoms in total. The lowest BCUT2D eigenvalue weighted by atomic mass is 9.99. The van der Waals surface area contributed by atoms with Crippen LogP contribution < -0.4 is 5.32 Å². The number of thiazole rings is 1. The molecule has 132 valence electrons. The van der Waals surface area contributed by atoms with E-state index in [2.05, 4.69) is 53.8 Å². The fourth-order valence-corrected chi connectivity index (χ4v) is 4.92. The van der Waals surface area contributed by atoms with Crippen LogP contribution in [0.3, 0.4) is 0 Å². The summed E-state index contributed by atoms with van der Waals surface area (Å²) in [4.78, 5) is 11.8. The first-order valence-electron chi connectivity index (χ1n) is 9.29. The van der Waals surface area contributed by atoms with Gasteiger partial charge in [0.15, 0.2) is 0 Å². The smallest absolute Gasteiger partial charge is 0.0999 e. The minimum absolute atomic E-state index is 0.597. The predicted octanol–water partition coefficient (Wildman–Crippen LogP) is 4.56. The molecule has 0 saturated carbocycles. The second-order valence-electron chi connectivity index (χ2n) is 7.25. The molecular weight excluding hydrogens is 340 g/mol. The maximum Gasteiger partial charge on any atom is 0.0999 e. The quantitative estimate of drug-likeness (QED) is 0.850. The number of aromatic nitrogens is 2. The van der Waals surface area contributed by atoms with Crippen LogP contribution in [0.5, 0.6) is 0 Å². The second-order valence-corrected chi connectivity index (χ2v) is 8.31. The normalized spacial score (nSPS) is 20.7. The molecule has 0 aromatic carbocycles. The molecule has 5 rings (SSSR count). The number of nitrogens with zero attached hydrogens (tertiary/aromatic N) is 3. The molecule has 2 aromatic rings. The third kappa shape index (κ3) is 2.91. The molecule has 1 N–H and O–H groups in total. The van der Waals surface area contributed by atoms with Crippen LogP contribution in [0, 0.1) is 0 Å². The van der Waals surface area contributed by atoms with Gasteiger partial charge in [-0.2, -0.15) is 0 Å². The lowest BCUT2D eigenvalue weighted by Crippen LogP contribution is -2.26. The van der Waals surface area contributed by atoms with Crippen molar-refractivity contribution in [1.82, 2.24) is 20.2 Å². The molecular formula is C21H22N4S. The lowest BCUT2D eigenvalue weighted by Gasteiger charge is -2.26. The van der Waals surface area contributed by atoms with Gasteiger partial charge in [-0.3, -0.25) is 4.98 Å². The van der Waals surface area contributed by atoms with E-state index in [0.29, 0.717) is 5.92 Å². The van der Waals surface area contributed by atoms with Crippen molar-refractivity contribution in [2.75, 3.05) is 13.1 Å². The average molecular weight is 363 g/mol. The van der Waals surface area contributed by atoms with Gasteiger partial charge in [0, 0.05) is 29.6 Å². The van der Waals surface area contributed by atoms with Crippen LogP contribution in [0.2, 0.25) is 0 Å². The van der Waals surface area contributed by atoms with E-state index >= 15 is 0 Å². The Labute approximate surface area is 157 Å². The Morgan fingerprint density at radius 1 is 1.19 bits per heavy atom. The zero-order valence-corrected chi connectivity index (χ0v) is 15.7. The van der Waals surface area contributed by atoms with Gasteiger partial charge < -0.3 is 10.2 Å². The minimum Gasteiger partial charge on any atom is -0.324 e. The van der Waals surface area contributed by atoms with Gasteiger partial charge in [0.1, 0.15) is 0 Å². The Kier molecular flexibility index (Phi) is 3.98. The molecule has 1 fully saturated rings. The number of hydrogen-bond acceptors (Lipinski definition) is 5. The van der Waals surface area contributed by atoms with Crippen molar-refractivity contribution in [3.63, 3.8) is 0 Å². The third-order valence-electron chi connectivity index (χ3n) is 5.28. The van der Waals surface area contributed by atoms with Crippen molar-refractivity contribution >= 4 is 27.1 Å². The Balaban J connectivity index is 1.47. The zero-order valence-electron chi connectivity index (χ0n) is 14.9. The van der Waals surface area contributed by atoms with E-state index in [1.54, 1.807) is 0 Å². The highest BCUT2D eigenvalue weighted by Crippen LogP contribution is 2.34. The maximum atomic E-state index is 4.86. The summed E-state index contributed by atoms with van der Waals surface area (Å²) in [5, 5.41) is 4.70. The number of rotatable bonds is 2. The van der Waals surface area contributed by atoms with Crippen LogP contribution >= 0.6 is 11.3 Å². The number of piperidine rings is 1. The molecule has 0 unspecified atom stereocenters. The summed E-state index contributed by atoms with van der Waals surface area (Å²) >= 11 is 1.84. The van der Waals surface area contributed by atoms with Gasteiger partial charge in [-0.25, -0.2) is 4.98 Å². The van der Waals surface area contributed by atoms with Gasteiger partial charge >= 0.3 is 0 Å². The largest absolute Gasteiger partial charge is 0.324 e. The molecule has 0 spiro atoms. The van der Waals surface area contributed by atoms with E-state index in [1.807, 2.05) is 17.5 Å². The molecule has 0 bridgehead atoms. The van der Waals surface area contributed by atoms with Crippen LogP contribution in [-0.4, -0.2) is 28.0 Å². The van der Waals surface area contributed by atoms with Crippen molar-refractivity contribution < 1.29 is 0 Å². The van der Waals surface area contributed by atoms with Gasteiger partial charge in [0.05, 0.1) is 27.1 Å². The number of fused-ring (bicyclic) bond motifs is 2. The number of pyridine rings is 1. The standard InChI is InChI=1S/C21H22N4S/c1-14-2-4-17-5-3-16(13-25(17)12-14)18-10-20-19(11-23-18)24-21(26-20)15-6-8-22-9-7-15/h3-5,10-13,15,22H,2,6-9H2,1H3. The van der Waals surface area contributed by atoms with Crippen molar-refractivity contribution in [2.24, 2.45) is 0 Å². The Hall–Kier alpha value is -2.24. The highest BCUT2D eigenvalue weighted by atomic mass is 32.1. The molecule has 26 heavy (non-hydrogen) atoms. The summed E-state index contributed by atoms with van der Waals surface area (Å²) in [6.45, 7) is 4.36. The fraction of sp³-hybridized carbons (Fsp3) is 0.333. The minimum atomic E-state index is 0.597. The van der Waals surface area contributed by atoms with E-state index in [-0.39, 0.29) is 0 Å². The van der Waals surface area contributed by atoms with Crippen molar-refractivity contribution in [2.45, 2.75) is 32.1 Å². The van der Waals surface area contributed by atoms with Gasteiger partial charge in [-0.05, 0) is 57.5 Å². The van der Waals surface area contributed by atoms with Crippen molar-refractivity contribution in [1.29, 1.82) is 0 Å². The van der Waals surface area contributed by atoms with Crippen molar-refractivity contribution in [3.8, 4) is 0 Å². The number of hydrogen-bond donors (Lipinski definition) is 1. The van der Waals surface area contributed by atoms with Gasteiger partial charge in [0.25, 0.3) is 0 Å². The topological polar surface area (TPSA) is 41.0 Å². The van der Waals surface area contributed by atoms with Crippen LogP contribution in [-0.2, 0) is 0 Å². The molecule has 3 aliphatic rings. The zero-order chi connectivity index (χ0) is 17.5. The number of allylic oxidation sites excluding steroid dienone is 5. The van der Waals surface area contributed by atoms with Crippen molar-refractivity contribution in [3.05, 3.63) is 64.9 Å². The molecule has 2 aromatic heterocycles. The molecule has 0 amide bonds. The molecule has 3 aliphatic heterocycles. The van der Waals surface area contributed by atoms with Crippen LogP contribution in [0.25, 0.3) is 15.8 Å². The second kappa shape index (κ2) is 6.49. The van der Waals surface area contributed by atoms with Crippen LogP contribution in [0.15, 0.2) is 54.2 Å². The van der Waals surface area contributed by atoms with Gasteiger partial charge in [0.2, 0.25) is 0 Å². The van der Waals surface area contributed by atoms with E-state index in [1.165, 1.54) is 33.8 Å². The Morgan fingerprint density at radius 3 is 2.96 bits per heavy atom. The van der Waals surface area contributed by atoms with Gasteiger partial charge in [-0.1, -0.05) is 11.6 Å². The summed E-state index contributed by atoms with van der Waals surface area (Å²) in [6.07, 6.45) is 16.3. The third-order valence-corrected chi connectivity index (χ3v) is 6.46. The molecule has 1 saturated heterocycles. The fourth-order valence-electron chi connectivity index (χ4n) is 3.77. The monoisotopic (exact) mass is 362 g/mol. The van der Waals surface area contributed by atoms with E-state index in [4.69, 9.17) is 9.97 Å². The van der Waals surface area contributed by atoms with E-state index < -0.39 is 0 Å². The number of nitrogens with one attached hydrogen (secondary N) is 1. The lowest BCUT2D eigenvalue weighted by molar-refractivity contribution is 0.459. The highest BCUT2D eigenvalue weighted by molar-refractivity contribution is 7.18. The van der Waals surface area contributed by atoms with Crippen LogP contribution in [0.1, 0.15) is 42.8 Å². The highest BCUT2D eigenvalue weighted by Gasteiger charge is 2.20.